The van der Waals surface area contributed by atoms with E-state index < -0.39 is 0 Å². The second-order valence-corrected chi connectivity index (χ2v) is 7.49. The molecule has 142 valence electrons. The molecule has 1 aromatic rings. The van der Waals surface area contributed by atoms with Crippen molar-refractivity contribution < 1.29 is 9.59 Å². The molecule has 2 aliphatic heterocycles. The molecule has 26 heavy (non-hydrogen) atoms. The first kappa shape index (κ1) is 18.7. The Morgan fingerprint density at radius 2 is 1.65 bits per heavy atom. The van der Waals surface area contributed by atoms with Crippen molar-refractivity contribution in [1.29, 1.82) is 0 Å². The topological polar surface area (TPSA) is 52.7 Å². The van der Waals surface area contributed by atoms with Crippen molar-refractivity contribution in [2.24, 2.45) is 5.92 Å². The number of piperidine rings is 2. The van der Waals surface area contributed by atoms with Gasteiger partial charge in [-0.3, -0.25) is 9.59 Å². The van der Waals surface area contributed by atoms with Gasteiger partial charge in [0, 0.05) is 49.9 Å². The molecule has 0 unspecified atom stereocenters. The standard InChI is InChI=1S/C21H31N3O2/c1-2-6-20(25)24-15-11-17(12-16-24)21(26)22-18-7-9-19(10-8-18)23-13-4-3-5-14-23/h7-10,17H,2-6,11-16H2,1H3,(H,22,26). The van der Waals surface area contributed by atoms with Crippen LogP contribution >= 0.6 is 0 Å². The summed E-state index contributed by atoms with van der Waals surface area (Å²) in [5.41, 5.74) is 2.10. The van der Waals surface area contributed by atoms with E-state index >= 15 is 0 Å². The maximum absolute atomic E-state index is 12.5. The molecule has 2 saturated heterocycles. The lowest BCUT2D eigenvalue weighted by molar-refractivity contribution is -0.134. The van der Waals surface area contributed by atoms with Crippen molar-refractivity contribution in [2.45, 2.75) is 51.9 Å². The largest absolute Gasteiger partial charge is 0.372 e. The van der Waals surface area contributed by atoms with Gasteiger partial charge in [0.05, 0.1) is 0 Å². The summed E-state index contributed by atoms with van der Waals surface area (Å²) in [5, 5.41) is 3.05. The summed E-state index contributed by atoms with van der Waals surface area (Å²) < 4.78 is 0. The van der Waals surface area contributed by atoms with E-state index in [1.165, 1.54) is 24.9 Å². The smallest absolute Gasteiger partial charge is 0.227 e. The van der Waals surface area contributed by atoms with E-state index in [4.69, 9.17) is 0 Å². The van der Waals surface area contributed by atoms with Crippen molar-refractivity contribution in [3.63, 3.8) is 0 Å². The zero-order valence-corrected chi connectivity index (χ0v) is 15.9. The minimum absolute atomic E-state index is 0.00227. The van der Waals surface area contributed by atoms with Crippen molar-refractivity contribution in [1.82, 2.24) is 4.90 Å². The van der Waals surface area contributed by atoms with Crippen molar-refractivity contribution in [2.75, 3.05) is 36.4 Å². The summed E-state index contributed by atoms with van der Waals surface area (Å²) in [6.45, 7) is 5.67. The Morgan fingerprint density at radius 1 is 1.00 bits per heavy atom. The third kappa shape index (κ3) is 4.77. The molecule has 0 radical (unpaired) electrons. The lowest BCUT2D eigenvalue weighted by Gasteiger charge is -2.31. The number of amides is 2. The second-order valence-electron chi connectivity index (χ2n) is 7.49. The molecule has 1 aromatic carbocycles. The highest BCUT2D eigenvalue weighted by Crippen LogP contribution is 2.24. The molecular formula is C21H31N3O2. The van der Waals surface area contributed by atoms with E-state index in [0.29, 0.717) is 19.5 Å². The Balaban J connectivity index is 1.48. The predicted octanol–water partition coefficient (Wildman–Crippen LogP) is 3.65. The van der Waals surface area contributed by atoms with Crippen LogP contribution in [0.4, 0.5) is 11.4 Å². The molecule has 0 spiro atoms. The van der Waals surface area contributed by atoms with E-state index in [-0.39, 0.29) is 17.7 Å². The van der Waals surface area contributed by atoms with Crippen LogP contribution in [0.5, 0.6) is 0 Å². The molecule has 2 fully saturated rings. The number of carbonyl (C=O) groups is 2. The number of nitrogens with zero attached hydrogens (tertiary/aromatic N) is 2. The molecule has 1 N–H and O–H groups in total. The molecule has 0 atom stereocenters. The van der Waals surface area contributed by atoms with Gasteiger partial charge in [-0.25, -0.2) is 0 Å². The van der Waals surface area contributed by atoms with Crippen LogP contribution in [0.3, 0.4) is 0 Å². The van der Waals surface area contributed by atoms with Gasteiger partial charge in [0.1, 0.15) is 0 Å². The molecule has 5 nitrogen and oxygen atoms in total. The summed E-state index contributed by atoms with van der Waals surface area (Å²) in [6.07, 6.45) is 6.86. The lowest BCUT2D eigenvalue weighted by Crippen LogP contribution is -2.41. The Hall–Kier alpha value is -2.04. The van der Waals surface area contributed by atoms with Gasteiger partial charge in [-0.2, -0.15) is 0 Å². The van der Waals surface area contributed by atoms with E-state index in [9.17, 15) is 9.59 Å². The van der Waals surface area contributed by atoms with Gasteiger partial charge in [0.15, 0.2) is 0 Å². The molecule has 2 heterocycles. The molecule has 2 aliphatic rings. The third-order valence-electron chi connectivity index (χ3n) is 5.54. The zero-order chi connectivity index (χ0) is 18.4. The van der Waals surface area contributed by atoms with Gasteiger partial charge < -0.3 is 15.1 Å². The van der Waals surface area contributed by atoms with Gasteiger partial charge in [-0.05, 0) is 62.8 Å². The monoisotopic (exact) mass is 357 g/mol. The first-order valence-corrected chi connectivity index (χ1v) is 10.1. The molecule has 0 aromatic heterocycles. The number of nitrogens with one attached hydrogen (secondary N) is 1. The number of anilines is 2. The summed E-state index contributed by atoms with van der Waals surface area (Å²) >= 11 is 0. The van der Waals surface area contributed by atoms with Crippen LogP contribution in [0.2, 0.25) is 0 Å². The summed E-state index contributed by atoms with van der Waals surface area (Å²) in [7, 11) is 0. The number of rotatable bonds is 5. The number of hydrogen-bond acceptors (Lipinski definition) is 3. The third-order valence-corrected chi connectivity index (χ3v) is 5.54. The van der Waals surface area contributed by atoms with Crippen LogP contribution in [0.25, 0.3) is 0 Å². The fraction of sp³-hybridized carbons (Fsp3) is 0.619. The molecule has 0 bridgehead atoms. The Morgan fingerprint density at radius 3 is 2.27 bits per heavy atom. The highest BCUT2D eigenvalue weighted by Gasteiger charge is 2.27. The minimum Gasteiger partial charge on any atom is -0.372 e. The van der Waals surface area contributed by atoms with Crippen molar-refractivity contribution in [3.05, 3.63) is 24.3 Å². The maximum atomic E-state index is 12.5. The molecule has 3 rings (SSSR count). The molecule has 2 amide bonds. The first-order chi connectivity index (χ1) is 12.7. The van der Waals surface area contributed by atoms with Gasteiger partial charge in [-0.1, -0.05) is 6.92 Å². The quantitative estimate of drug-likeness (QED) is 0.875. The number of hydrogen-bond donors (Lipinski definition) is 1. The SMILES string of the molecule is CCCC(=O)N1CCC(C(=O)Nc2ccc(N3CCCCC3)cc2)CC1. The van der Waals surface area contributed by atoms with E-state index in [1.54, 1.807) is 0 Å². The van der Waals surface area contributed by atoms with Crippen molar-refractivity contribution in [3.8, 4) is 0 Å². The summed E-state index contributed by atoms with van der Waals surface area (Å²) in [4.78, 5) is 28.8. The minimum atomic E-state index is 0.00227. The highest BCUT2D eigenvalue weighted by atomic mass is 16.2. The van der Waals surface area contributed by atoms with Crippen LogP contribution < -0.4 is 10.2 Å². The lowest BCUT2D eigenvalue weighted by atomic mass is 9.95. The van der Waals surface area contributed by atoms with E-state index in [1.807, 2.05) is 24.0 Å². The molecule has 0 aliphatic carbocycles. The van der Waals surface area contributed by atoms with Gasteiger partial charge in [0.25, 0.3) is 0 Å². The van der Waals surface area contributed by atoms with Crippen LogP contribution in [0, 0.1) is 5.92 Å². The summed E-state index contributed by atoms with van der Waals surface area (Å²) in [5.74, 6) is 0.306. The second kappa shape index (κ2) is 9.06. The predicted molar refractivity (Wildman–Crippen MR) is 105 cm³/mol. The fourth-order valence-corrected chi connectivity index (χ4v) is 3.92. The van der Waals surface area contributed by atoms with Crippen LogP contribution in [0.1, 0.15) is 51.9 Å². The Labute approximate surface area is 156 Å². The van der Waals surface area contributed by atoms with Gasteiger partial charge in [-0.15, -0.1) is 0 Å². The van der Waals surface area contributed by atoms with Gasteiger partial charge in [0.2, 0.25) is 11.8 Å². The zero-order valence-electron chi connectivity index (χ0n) is 15.9. The molecule has 5 heteroatoms. The average Bonchev–Trinajstić information content (AvgIpc) is 2.69. The maximum Gasteiger partial charge on any atom is 0.227 e. The fourth-order valence-electron chi connectivity index (χ4n) is 3.92. The van der Waals surface area contributed by atoms with E-state index in [2.05, 4.69) is 22.3 Å². The van der Waals surface area contributed by atoms with Crippen molar-refractivity contribution >= 4 is 23.2 Å². The number of likely N-dealkylation sites (tertiary alicyclic amines) is 1. The van der Waals surface area contributed by atoms with Crippen LogP contribution in [0.15, 0.2) is 24.3 Å². The van der Waals surface area contributed by atoms with E-state index in [0.717, 1.165) is 38.0 Å². The van der Waals surface area contributed by atoms with Gasteiger partial charge >= 0.3 is 0 Å². The average molecular weight is 357 g/mol. The normalized spacial score (nSPS) is 18.7. The molecular weight excluding hydrogens is 326 g/mol. The first-order valence-electron chi connectivity index (χ1n) is 10.1. The summed E-state index contributed by atoms with van der Waals surface area (Å²) in [6, 6.07) is 8.21. The van der Waals surface area contributed by atoms with Crippen LogP contribution in [-0.4, -0.2) is 42.9 Å². The Kier molecular flexibility index (Phi) is 6.53. The number of benzene rings is 1. The van der Waals surface area contributed by atoms with Crippen LogP contribution in [-0.2, 0) is 9.59 Å². The molecule has 0 saturated carbocycles. The Bertz CT molecular complexity index is 600. The highest BCUT2D eigenvalue weighted by molar-refractivity contribution is 5.93. The number of carbonyl (C=O) groups excluding carboxylic acids is 2.